The van der Waals surface area contributed by atoms with Crippen molar-refractivity contribution in [3.63, 3.8) is 0 Å². The van der Waals surface area contributed by atoms with Crippen molar-refractivity contribution in [1.29, 1.82) is 0 Å². The maximum atomic E-state index is 10.8. The lowest BCUT2D eigenvalue weighted by atomic mass is 10.0. The third-order valence-electron chi connectivity index (χ3n) is 1.72. The van der Waals surface area contributed by atoms with E-state index in [1.165, 1.54) is 0 Å². The lowest BCUT2D eigenvalue weighted by Crippen LogP contribution is -2.32. The zero-order valence-corrected chi connectivity index (χ0v) is 7.67. The van der Waals surface area contributed by atoms with E-state index in [0.29, 0.717) is 19.3 Å². The molecule has 0 radical (unpaired) electrons. The molecule has 0 aliphatic heterocycles. The summed E-state index contributed by atoms with van der Waals surface area (Å²) in [4.78, 5) is 21.5. The zero-order valence-electron chi connectivity index (χ0n) is 7.67. The molecular weight excluding hydrogens is 172 g/mol. The van der Waals surface area contributed by atoms with E-state index in [-0.39, 0.29) is 17.7 Å². The molecule has 1 unspecified atom stereocenters. The van der Waals surface area contributed by atoms with E-state index in [4.69, 9.17) is 11.7 Å². The van der Waals surface area contributed by atoms with Gasteiger partial charge in [-0.2, -0.15) is 0 Å². The Morgan fingerprint density at radius 1 is 1.23 bits per heavy atom. The highest BCUT2D eigenvalue weighted by atomic mass is 16.2. The van der Waals surface area contributed by atoms with E-state index >= 15 is 0 Å². The van der Waals surface area contributed by atoms with Crippen molar-refractivity contribution >= 4 is 11.8 Å². The molecule has 6 N–H and O–H groups in total. The number of amides is 2. The summed E-state index contributed by atoms with van der Waals surface area (Å²) in [6, 6.07) is 0. The fraction of sp³-hybridized carbons (Fsp3) is 0.714. The zero-order chi connectivity index (χ0) is 10.3. The topological polar surface area (TPSA) is 110 Å². The van der Waals surface area contributed by atoms with Gasteiger partial charge in [-0.3, -0.25) is 20.4 Å². The number of hydrazine groups is 2. The molecule has 0 spiro atoms. The Kier molecular flexibility index (Phi) is 5.82. The van der Waals surface area contributed by atoms with Crippen LogP contribution >= 0.6 is 0 Å². The minimum Gasteiger partial charge on any atom is -0.294 e. The molecule has 0 aliphatic carbocycles. The third-order valence-corrected chi connectivity index (χ3v) is 1.72. The number of hydrogen-bond acceptors (Lipinski definition) is 4. The highest BCUT2D eigenvalue weighted by Gasteiger charge is 2.09. The summed E-state index contributed by atoms with van der Waals surface area (Å²) in [6.45, 7) is 1.87. The van der Waals surface area contributed by atoms with Gasteiger partial charge in [0.25, 0.3) is 0 Å². The maximum absolute atomic E-state index is 10.8. The van der Waals surface area contributed by atoms with Crippen LogP contribution in [0.5, 0.6) is 0 Å². The maximum Gasteiger partial charge on any atom is 0.234 e. The van der Waals surface area contributed by atoms with Crippen molar-refractivity contribution in [2.45, 2.75) is 26.2 Å². The second kappa shape index (κ2) is 6.38. The highest BCUT2D eigenvalue weighted by Crippen LogP contribution is 2.09. The molecule has 0 aromatic heterocycles. The number of nitrogens with one attached hydrogen (secondary N) is 2. The molecule has 13 heavy (non-hydrogen) atoms. The van der Waals surface area contributed by atoms with Gasteiger partial charge in [0.15, 0.2) is 0 Å². The van der Waals surface area contributed by atoms with Crippen LogP contribution in [0.3, 0.4) is 0 Å². The SMILES string of the molecule is CC(CCC(=O)NN)CC(=O)NN. The Bertz CT molecular complexity index is 183. The molecule has 0 bridgehead atoms. The van der Waals surface area contributed by atoms with Gasteiger partial charge in [-0.1, -0.05) is 6.92 Å². The van der Waals surface area contributed by atoms with E-state index < -0.39 is 0 Å². The molecule has 0 saturated carbocycles. The quantitative estimate of drug-likeness (QED) is 0.246. The minimum atomic E-state index is -0.222. The van der Waals surface area contributed by atoms with Gasteiger partial charge in [0.2, 0.25) is 11.8 Å². The summed E-state index contributed by atoms with van der Waals surface area (Å²) in [7, 11) is 0. The van der Waals surface area contributed by atoms with Gasteiger partial charge in [-0.05, 0) is 12.3 Å². The number of rotatable bonds is 5. The molecule has 1 atom stereocenters. The van der Waals surface area contributed by atoms with E-state index in [9.17, 15) is 9.59 Å². The standard InChI is InChI=1S/C7H16N4O2/c1-5(4-7(13)11-9)2-3-6(12)10-8/h5H,2-4,8-9H2,1H3,(H,10,12)(H,11,13). The predicted molar refractivity (Wildman–Crippen MR) is 47.7 cm³/mol. The molecule has 0 saturated heterocycles. The average Bonchev–Trinajstić information content (AvgIpc) is 2.13. The molecule has 76 valence electrons. The monoisotopic (exact) mass is 188 g/mol. The van der Waals surface area contributed by atoms with Crippen LogP contribution in [0.15, 0.2) is 0 Å². The number of carbonyl (C=O) groups is 2. The Morgan fingerprint density at radius 3 is 2.23 bits per heavy atom. The molecule has 0 heterocycles. The summed E-state index contributed by atoms with van der Waals surface area (Å²) in [5.41, 5.74) is 4.06. The smallest absolute Gasteiger partial charge is 0.234 e. The predicted octanol–water partition coefficient (Wildman–Crippen LogP) is -1.23. The van der Waals surface area contributed by atoms with E-state index in [2.05, 4.69) is 0 Å². The molecule has 0 aromatic carbocycles. The fourth-order valence-corrected chi connectivity index (χ4v) is 0.927. The average molecular weight is 188 g/mol. The van der Waals surface area contributed by atoms with Gasteiger partial charge in [0, 0.05) is 12.8 Å². The van der Waals surface area contributed by atoms with E-state index in [1.807, 2.05) is 17.8 Å². The van der Waals surface area contributed by atoms with Gasteiger partial charge >= 0.3 is 0 Å². The van der Waals surface area contributed by atoms with Crippen LogP contribution in [-0.2, 0) is 9.59 Å². The van der Waals surface area contributed by atoms with Crippen LogP contribution in [-0.4, -0.2) is 11.8 Å². The van der Waals surface area contributed by atoms with Crippen LogP contribution in [0.25, 0.3) is 0 Å². The second-order valence-corrected chi connectivity index (χ2v) is 2.98. The van der Waals surface area contributed by atoms with Crippen LogP contribution in [0.2, 0.25) is 0 Å². The Hall–Kier alpha value is -1.14. The van der Waals surface area contributed by atoms with Gasteiger partial charge in [-0.15, -0.1) is 0 Å². The van der Waals surface area contributed by atoms with Gasteiger partial charge in [0.05, 0.1) is 0 Å². The summed E-state index contributed by atoms with van der Waals surface area (Å²) in [5, 5.41) is 0. The molecule has 6 nitrogen and oxygen atoms in total. The Balaban J connectivity index is 3.56. The normalized spacial score (nSPS) is 11.9. The Labute approximate surface area is 77.0 Å². The first kappa shape index (κ1) is 11.9. The molecule has 0 fully saturated rings. The number of carbonyl (C=O) groups excluding carboxylic acids is 2. The molecule has 0 aliphatic rings. The molecule has 2 amide bonds. The largest absolute Gasteiger partial charge is 0.294 e. The Morgan fingerprint density at radius 2 is 1.77 bits per heavy atom. The fourth-order valence-electron chi connectivity index (χ4n) is 0.927. The molecular formula is C7H16N4O2. The summed E-state index contributed by atoms with van der Waals surface area (Å²) < 4.78 is 0. The summed E-state index contributed by atoms with van der Waals surface area (Å²) in [5.74, 6) is 9.47. The van der Waals surface area contributed by atoms with Gasteiger partial charge in [-0.25, -0.2) is 11.7 Å². The van der Waals surface area contributed by atoms with Gasteiger partial charge in [0.1, 0.15) is 0 Å². The van der Waals surface area contributed by atoms with Crippen molar-refractivity contribution < 1.29 is 9.59 Å². The summed E-state index contributed by atoms with van der Waals surface area (Å²) in [6.07, 6.45) is 1.28. The van der Waals surface area contributed by atoms with Crippen molar-refractivity contribution in [3.8, 4) is 0 Å². The first-order valence-corrected chi connectivity index (χ1v) is 4.09. The molecule has 0 rings (SSSR count). The van der Waals surface area contributed by atoms with Crippen molar-refractivity contribution in [1.82, 2.24) is 10.9 Å². The lowest BCUT2D eigenvalue weighted by molar-refractivity contribution is -0.123. The van der Waals surface area contributed by atoms with Crippen LogP contribution < -0.4 is 22.5 Å². The first-order valence-electron chi connectivity index (χ1n) is 4.09. The number of hydrogen-bond donors (Lipinski definition) is 4. The van der Waals surface area contributed by atoms with Crippen molar-refractivity contribution in [3.05, 3.63) is 0 Å². The summed E-state index contributed by atoms with van der Waals surface area (Å²) >= 11 is 0. The first-order chi connectivity index (χ1) is 6.10. The van der Waals surface area contributed by atoms with Crippen molar-refractivity contribution in [2.75, 3.05) is 0 Å². The molecule has 6 heteroatoms. The molecule has 0 aromatic rings. The van der Waals surface area contributed by atoms with Crippen LogP contribution in [0.1, 0.15) is 26.2 Å². The van der Waals surface area contributed by atoms with Crippen molar-refractivity contribution in [2.24, 2.45) is 17.6 Å². The minimum absolute atomic E-state index is 0.126. The number of nitrogens with two attached hydrogens (primary N) is 2. The highest BCUT2D eigenvalue weighted by molar-refractivity contribution is 5.76. The third kappa shape index (κ3) is 6.06. The van der Waals surface area contributed by atoms with Gasteiger partial charge < -0.3 is 0 Å². The second-order valence-electron chi connectivity index (χ2n) is 2.98. The lowest BCUT2D eigenvalue weighted by Gasteiger charge is -2.08. The van der Waals surface area contributed by atoms with E-state index in [0.717, 1.165) is 0 Å². The van der Waals surface area contributed by atoms with Crippen LogP contribution in [0, 0.1) is 5.92 Å². The van der Waals surface area contributed by atoms with Crippen LogP contribution in [0.4, 0.5) is 0 Å². The van der Waals surface area contributed by atoms with E-state index in [1.54, 1.807) is 0 Å².